The molecule has 1 heterocycles. The molecular weight excluding hydrogens is 360 g/mol. The van der Waals surface area contributed by atoms with E-state index >= 15 is 0 Å². The monoisotopic (exact) mass is 392 g/mol. The Morgan fingerprint density at radius 1 is 0.966 bits per heavy atom. The molecule has 0 aliphatic heterocycles. The highest BCUT2D eigenvalue weighted by atomic mass is 16.1. The lowest BCUT2D eigenvalue weighted by atomic mass is 9.86. The average molecular weight is 393 g/mol. The number of benzene rings is 1. The number of nitrogen functional groups attached to an aromatic ring is 1. The highest BCUT2D eigenvalue weighted by Gasteiger charge is 2.24. The average Bonchev–Trinajstić information content (AvgIpc) is 2.76. The van der Waals surface area contributed by atoms with E-state index in [0.717, 1.165) is 35.5 Å². The zero-order valence-electron chi connectivity index (χ0n) is 17.2. The Hall–Kier alpha value is -2.43. The van der Waals surface area contributed by atoms with Crippen molar-refractivity contribution in [1.29, 1.82) is 0 Å². The predicted molar refractivity (Wildman–Crippen MR) is 118 cm³/mol. The van der Waals surface area contributed by atoms with Crippen LogP contribution < -0.4 is 11.1 Å². The van der Waals surface area contributed by atoms with E-state index in [0.29, 0.717) is 24.1 Å². The number of anilines is 2. The molecule has 0 radical (unpaired) electrons. The van der Waals surface area contributed by atoms with E-state index in [1.165, 1.54) is 51.4 Å². The summed E-state index contributed by atoms with van der Waals surface area (Å²) in [6.45, 7) is 0. The van der Waals surface area contributed by atoms with E-state index in [1.54, 1.807) is 6.20 Å². The van der Waals surface area contributed by atoms with Crippen LogP contribution in [0.25, 0.3) is 11.3 Å². The van der Waals surface area contributed by atoms with Crippen molar-refractivity contribution in [2.45, 2.75) is 76.5 Å². The lowest BCUT2D eigenvalue weighted by Gasteiger charge is -2.24. The molecule has 0 atom stereocenters. The van der Waals surface area contributed by atoms with Gasteiger partial charge in [-0.1, -0.05) is 50.7 Å². The second-order valence-corrected chi connectivity index (χ2v) is 8.70. The summed E-state index contributed by atoms with van der Waals surface area (Å²) in [5, 5.41) is 3.11. The van der Waals surface area contributed by atoms with Crippen LogP contribution in [-0.2, 0) is 4.79 Å². The SMILES string of the molecule is Nc1ccc(-c2cnc(NC(=O)CC3CCCCC3)c(C3CCCCC3)n2)cc1. The number of nitrogens with zero attached hydrogens (tertiary/aromatic N) is 2. The lowest BCUT2D eigenvalue weighted by molar-refractivity contribution is -0.117. The molecule has 0 unspecified atom stereocenters. The van der Waals surface area contributed by atoms with Gasteiger partial charge in [0, 0.05) is 23.6 Å². The van der Waals surface area contributed by atoms with Gasteiger partial charge in [-0.2, -0.15) is 0 Å². The summed E-state index contributed by atoms with van der Waals surface area (Å²) in [4.78, 5) is 22.4. The molecule has 1 aromatic carbocycles. The van der Waals surface area contributed by atoms with Crippen LogP contribution >= 0.6 is 0 Å². The molecule has 2 fully saturated rings. The highest BCUT2D eigenvalue weighted by molar-refractivity contribution is 5.90. The van der Waals surface area contributed by atoms with Gasteiger partial charge in [-0.3, -0.25) is 4.79 Å². The minimum atomic E-state index is 0.0866. The van der Waals surface area contributed by atoms with E-state index in [9.17, 15) is 4.79 Å². The van der Waals surface area contributed by atoms with Crippen molar-refractivity contribution in [2.75, 3.05) is 11.1 Å². The second-order valence-electron chi connectivity index (χ2n) is 8.70. The van der Waals surface area contributed by atoms with Gasteiger partial charge < -0.3 is 11.1 Å². The summed E-state index contributed by atoms with van der Waals surface area (Å²) in [5.41, 5.74) is 9.36. The van der Waals surface area contributed by atoms with Gasteiger partial charge in [0.05, 0.1) is 17.6 Å². The lowest BCUT2D eigenvalue weighted by Crippen LogP contribution is -2.21. The molecule has 154 valence electrons. The summed E-state index contributed by atoms with van der Waals surface area (Å²) >= 11 is 0. The third-order valence-electron chi connectivity index (χ3n) is 6.45. The van der Waals surface area contributed by atoms with E-state index in [2.05, 4.69) is 10.3 Å². The minimum absolute atomic E-state index is 0.0866. The summed E-state index contributed by atoms with van der Waals surface area (Å²) < 4.78 is 0. The van der Waals surface area contributed by atoms with E-state index in [4.69, 9.17) is 10.7 Å². The Bertz CT molecular complexity index is 821. The summed E-state index contributed by atoms with van der Waals surface area (Å²) in [5.74, 6) is 1.64. The van der Waals surface area contributed by atoms with Crippen molar-refractivity contribution in [2.24, 2.45) is 5.92 Å². The van der Waals surface area contributed by atoms with Crippen molar-refractivity contribution in [3.63, 3.8) is 0 Å². The van der Waals surface area contributed by atoms with Crippen LogP contribution in [0.2, 0.25) is 0 Å². The van der Waals surface area contributed by atoms with Crippen molar-refractivity contribution in [3.05, 3.63) is 36.2 Å². The Balaban J connectivity index is 1.56. The van der Waals surface area contributed by atoms with E-state index in [-0.39, 0.29) is 5.91 Å². The normalized spacial score (nSPS) is 18.5. The molecule has 3 N–H and O–H groups in total. The smallest absolute Gasteiger partial charge is 0.225 e. The molecule has 2 saturated carbocycles. The maximum absolute atomic E-state index is 12.7. The molecule has 0 saturated heterocycles. The second kappa shape index (κ2) is 9.38. The van der Waals surface area contributed by atoms with Gasteiger partial charge in [0.15, 0.2) is 5.82 Å². The van der Waals surface area contributed by atoms with Crippen LogP contribution in [0.15, 0.2) is 30.5 Å². The minimum Gasteiger partial charge on any atom is -0.399 e. The molecule has 1 amide bonds. The van der Waals surface area contributed by atoms with Crippen LogP contribution in [0.3, 0.4) is 0 Å². The molecule has 5 heteroatoms. The van der Waals surface area contributed by atoms with Crippen LogP contribution in [-0.4, -0.2) is 15.9 Å². The van der Waals surface area contributed by atoms with Gasteiger partial charge in [0.2, 0.25) is 5.91 Å². The standard InChI is InChI=1S/C24H32N4O/c25-20-13-11-18(12-14-20)21-16-26-24(23(27-21)19-9-5-2-6-10-19)28-22(29)15-17-7-3-1-4-8-17/h11-14,16-17,19H,1-10,15,25H2,(H,26,28,29). The van der Waals surface area contributed by atoms with Crippen molar-refractivity contribution in [1.82, 2.24) is 9.97 Å². The van der Waals surface area contributed by atoms with Gasteiger partial charge in [-0.05, 0) is 43.7 Å². The Kier molecular flexibility index (Phi) is 6.43. The molecule has 29 heavy (non-hydrogen) atoms. The van der Waals surface area contributed by atoms with Crippen molar-refractivity contribution >= 4 is 17.4 Å². The fourth-order valence-electron chi connectivity index (χ4n) is 4.79. The summed E-state index contributed by atoms with van der Waals surface area (Å²) in [6.07, 6.45) is 14.5. The van der Waals surface area contributed by atoms with Crippen LogP contribution in [0.1, 0.15) is 82.2 Å². The summed E-state index contributed by atoms with van der Waals surface area (Å²) in [7, 11) is 0. The first-order valence-corrected chi connectivity index (χ1v) is 11.2. The number of rotatable bonds is 5. The first-order chi connectivity index (χ1) is 14.2. The van der Waals surface area contributed by atoms with Gasteiger partial charge >= 0.3 is 0 Å². The molecule has 0 bridgehead atoms. The van der Waals surface area contributed by atoms with Gasteiger partial charge in [-0.25, -0.2) is 9.97 Å². The zero-order chi connectivity index (χ0) is 20.1. The zero-order valence-corrected chi connectivity index (χ0v) is 17.2. The number of nitrogens with two attached hydrogens (primary N) is 1. The fraction of sp³-hybridized carbons (Fsp3) is 0.542. The third-order valence-corrected chi connectivity index (χ3v) is 6.45. The quantitative estimate of drug-likeness (QED) is 0.641. The maximum Gasteiger partial charge on any atom is 0.225 e. The van der Waals surface area contributed by atoms with Crippen molar-refractivity contribution in [3.8, 4) is 11.3 Å². The fourth-order valence-corrected chi connectivity index (χ4v) is 4.79. The predicted octanol–water partition coefficient (Wildman–Crippen LogP) is 5.68. The molecule has 0 spiro atoms. The van der Waals surface area contributed by atoms with E-state index in [1.807, 2.05) is 24.3 Å². The van der Waals surface area contributed by atoms with Crippen LogP contribution in [0.5, 0.6) is 0 Å². The van der Waals surface area contributed by atoms with Crippen molar-refractivity contribution < 1.29 is 4.79 Å². The molecule has 2 aliphatic carbocycles. The van der Waals surface area contributed by atoms with E-state index < -0.39 is 0 Å². The Morgan fingerprint density at radius 3 is 2.31 bits per heavy atom. The molecule has 1 aromatic heterocycles. The van der Waals surface area contributed by atoms with Crippen LogP contribution in [0, 0.1) is 5.92 Å². The third kappa shape index (κ3) is 5.14. The molecule has 2 aliphatic rings. The molecular formula is C24H32N4O. The first-order valence-electron chi connectivity index (χ1n) is 11.2. The number of carbonyl (C=O) groups is 1. The highest BCUT2D eigenvalue weighted by Crippen LogP contribution is 2.36. The number of aromatic nitrogens is 2. The largest absolute Gasteiger partial charge is 0.399 e. The number of carbonyl (C=O) groups excluding carboxylic acids is 1. The Labute approximate surface area is 173 Å². The number of amides is 1. The van der Waals surface area contributed by atoms with Gasteiger partial charge in [-0.15, -0.1) is 0 Å². The number of nitrogens with one attached hydrogen (secondary N) is 1. The van der Waals surface area contributed by atoms with Gasteiger partial charge in [0.1, 0.15) is 0 Å². The topological polar surface area (TPSA) is 80.9 Å². The number of hydrogen-bond donors (Lipinski definition) is 2. The summed E-state index contributed by atoms with van der Waals surface area (Å²) in [6, 6.07) is 7.73. The molecule has 4 rings (SSSR count). The first kappa shape index (κ1) is 19.9. The molecule has 5 nitrogen and oxygen atoms in total. The maximum atomic E-state index is 12.7. The molecule has 2 aromatic rings. The Morgan fingerprint density at radius 2 is 1.62 bits per heavy atom. The van der Waals surface area contributed by atoms with Crippen LogP contribution in [0.4, 0.5) is 11.5 Å². The van der Waals surface area contributed by atoms with Gasteiger partial charge in [0.25, 0.3) is 0 Å². The number of hydrogen-bond acceptors (Lipinski definition) is 4.